The third kappa shape index (κ3) is 3.16. The Balaban J connectivity index is 1.71. The molecule has 3 nitrogen and oxygen atoms in total. The minimum absolute atomic E-state index is 0.124. The molecule has 3 heteroatoms. The SMILES string of the molecule is CNC(C1CCOC2(CCOCC2)C1)C1CCCC1(C)C. The molecule has 3 aliphatic rings. The Morgan fingerprint density at radius 2 is 1.81 bits per heavy atom. The van der Waals surface area contributed by atoms with E-state index in [2.05, 4.69) is 26.2 Å². The highest BCUT2D eigenvalue weighted by Crippen LogP contribution is 2.48. The van der Waals surface area contributed by atoms with Crippen molar-refractivity contribution in [2.24, 2.45) is 17.3 Å². The van der Waals surface area contributed by atoms with Gasteiger partial charge in [0.05, 0.1) is 5.60 Å². The van der Waals surface area contributed by atoms with Crippen LogP contribution in [0.15, 0.2) is 0 Å². The molecule has 0 radical (unpaired) electrons. The predicted octanol–water partition coefficient (Wildman–Crippen LogP) is 3.38. The van der Waals surface area contributed by atoms with Crippen molar-refractivity contribution in [3.05, 3.63) is 0 Å². The molecule has 0 aromatic heterocycles. The van der Waals surface area contributed by atoms with Crippen LogP contribution in [0, 0.1) is 17.3 Å². The van der Waals surface area contributed by atoms with Crippen molar-refractivity contribution >= 4 is 0 Å². The second-order valence-electron chi connectivity index (χ2n) is 8.20. The molecule has 0 bridgehead atoms. The fourth-order valence-electron chi connectivity index (χ4n) is 5.25. The summed E-state index contributed by atoms with van der Waals surface area (Å²) in [4.78, 5) is 0. The summed E-state index contributed by atoms with van der Waals surface area (Å²) in [6.45, 7) is 7.64. The fraction of sp³-hybridized carbons (Fsp3) is 1.00. The highest BCUT2D eigenvalue weighted by atomic mass is 16.5. The van der Waals surface area contributed by atoms with Gasteiger partial charge in [0.25, 0.3) is 0 Å². The lowest BCUT2D eigenvalue weighted by molar-refractivity contribution is -0.152. The van der Waals surface area contributed by atoms with Crippen molar-refractivity contribution in [1.29, 1.82) is 0 Å². The molecule has 21 heavy (non-hydrogen) atoms. The molecule has 0 aromatic rings. The first-order valence-corrected chi connectivity index (χ1v) is 8.95. The second kappa shape index (κ2) is 6.17. The van der Waals surface area contributed by atoms with Gasteiger partial charge in [-0.1, -0.05) is 20.3 Å². The summed E-state index contributed by atoms with van der Waals surface area (Å²) >= 11 is 0. The van der Waals surface area contributed by atoms with E-state index in [9.17, 15) is 0 Å². The van der Waals surface area contributed by atoms with Gasteiger partial charge in [-0.05, 0) is 62.8 Å². The molecule has 3 atom stereocenters. The van der Waals surface area contributed by atoms with Crippen LogP contribution in [-0.4, -0.2) is 38.5 Å². The molecule has 1 spiro atoms. The van der Waals surface area contributed by atoms with Crippen LogP contribution >= 0.6 is 0 Å². The van der Waals surface area contributed by atoms with Gasteiger partial charge in [-0.25, -0.2) is 0 Å². The predicted molar refractivity (Wildman–Crippen MR) is 85.4 cm³/mol. The Morgan fingerprint density at radius 3 is 2.43 bits per heavy atom. The molecule has 0 amide bonds. The van der Waals surface area contributed by atoms with Gasteiger partial charge in [0.2, 0.25) is 0 Å². The Hall–Kier alpha value is -0.120. The molecule has 2 saturated heterocycles. The summed E-state index contributed by atoms with van der Waals surface area (Å²) in [7, 11) is 2.17. The van der Waals surface area contributed by atoms with E-state index in [1.54, 1.807) is 0 Å². The summed E-state index contributed by atoms with van der Waals surface area (Å²) in [6, 6.07) is 0.658. The first kappa shape index (κ1) is 15.8. The maximum Gasteiger partial charge on any atom is 0.0729 e. The van der Waals surface area contributed by atoms with E-state index in [1.165, 1.54) is 32.1 Å². The Kier molecular flexibility index (Phi) is 4.63. The molecule has 122 valence electrons. The largest absolute Gasteiger partial charge is 0.381 e. The fourth-order valence-corrected chi connectivity index (χ4v) is 5.25. The number of hydrogen-bond acceptors (Lipinski definition) is 3. The standard InChI is InChI=1S/C18H33NO2/c1-17(2)7-4-5-15(17)16(19-3)14-6-10-21-18(13-14)8-11-20-12-9-18/h14-16,19H,4-13H2,1-3H3. The van der Waals surface area contributed by atoms with Crippen LogP contribution < -0.4 is 5.32 Å². The molecule has 2 aliphatic heterocycles. The molecule has 2 heterocycles. The molecule has 1 saturated carbocycles. The van der Waals surface area contributed by atoms with Crippen LogP contribution in [0.4, 0.5) is 0 Å². The van der Waals surface area contributed by atoms with Gasteiger partial charge in [-0.2, -0.15) is 0 Å². The smallest absolute Gasteiger partial charge is 0.0729 e. The molecular formula is C18H33NO2. The maximum atomic E-state index is 6.24. The summed E-state index contributed by atoms with van der Waals surface area (Å²) < 4.78 is 11.8. The Bertz CT molecular complexity index is 344. The molecular weight excluding hydrogens is 262 g/mol. The molecule has 3 rings (SSSR count). The highest BCUT2D eigenvalue weighted by Gasteiger charge is 2.46. The number of ether oxygens (including phenoxy) is 2. The van der Waals surface area contributed by atoms with Gasteiger partial charge in [0.15, 0.2) is 0 Å². The van der Waals surface area contributed by atoms with Crippen LogP contribution in [0.5, 0.6) is 0 Å². The zero-order valence-electron chi connectivity index (χ0n) is 14.1. The summed E-state index contributed by atoms with van der Waals surface area (Å²) in [6.07, 6.45) is 8.82. The van der Waals surface area contributed by atoms with Gasteiger partial charge in [-0.15, -0.1) is 0 Å². The lowest BCUT2D eigenvalue weighted by Gasteiger charge is -2.48. The third-order valence-electron chi connectivity index (χ3n) is 6.55. The minimum Gasteiger partial charge on any atom is -0.381 e. The normalized spacial score (nSPS) is 36.7. The Morgan fingerprint density at radius 1 is 1.05 bits per heavy atom. The van der Waals surface area contributed by atoms with Crippen LogP contribution in [0.25, 0.3) is 0 Å². The molecule has 0 aromatic carbocycles. The van der Waals surface area contributed by atoms with Crippen LogP contribution in [0.1, 0.15) is 58.8 Å². The van der Waals surface area contributed by atoms with E-state index < -0.39 is 0 Å². The minimum atomic E-state index is 0.124. The van der Waals surface area contributed by atoms with E-state index in [4.69, 9.17) is 9.47 Å². The molecule has 3 unspecified atom stereocenters. The van der Waals surface area contributed by atoms with E-state index in [0.29, 0.717) is 11.5 Å². The van der Waals surface area contributed by atoms with Gasteiger partial charge in [-0.3, -0.25) is 0 Å². The van der Waals surface area contributed by atoms with Crippen molar-refractivity contribution in [2.45, 2.75) is 70.4 Å². The number of hydrogen-bond donors (Lipinski definition) is 1. The molecule has 1 aliphatic carbocycles. The van der Waals surface area contributed by atoms with Crippen molar-refractivity contribution in [3.63, 3.8) is 0 Å². The van der Waals surface area contributed by atoms with Gasteiger partial charge in [0.1, 0.15) is 0 Å². The van der Waals surface area contributed by atoms with Crippen LogP contribution in [-0.2, 0) is 9.47 Å². The Labute approximate surface area is 130 Å². The van der Waals surface area contributed by atoms with Gasteiger partial charge >= 0.3 is 0 Å². The average molecular weight is 295 g/mol. The van der Waals surface area contributed by atoms with Crippen LogP contribution in [0.3, 0.4) is 0 Å². The van der Waals surface area contributed by atoms with Crippen molar-refractivity contribution < 1.29 is 9.47 Å². The van der Waals surface area contributed by atoms with Crippen LogP contribution in [0.2, 0.25) is 0 Å². The van der Waals surface area contributed by atoms with E-state index in [1.807, 2.05) is 0 Å². The maximum absolute atomic E-state index is 6.24. The lowest BCUT2D eigenvalue weighted by Crippen LogP contribution is -2.52. The summed E-state index contributed by atoms with van der Waals surface area (Å²) in [5, 5.41) is 3.70. The van der Waals surface area contributed by atoms with Crippen molar-refractivity contribution in [1.82, 2.24) is 5.32 Å². The average Bonchev–Trinajstić information content (AvgIpc) is 2.81. The zero-order valence-corrected chi connectivity index (χ0v) is 14.1. The van der Waals surface area contributed by atoms with E-state index in [-0.39, 0.29) is 5.60 Å². The zero-order chi connectivity index (χ0) is 14.9. The first-order chi connectivity index (χ1) is 10.1. The summed E-state index contributed by atoms with van der Waals surface area (Å²) in [5.41, 5.74) is 0.619. The molecule has 3 fully saturated rings. The van der Waals surface area contributed by atoms with E-state index in [0.717, 1.165) is 44.5 Å². The number of rotatable bonds is 3. The highest BCUT2D eigenvalue weighted by molar-refractivity contribution is 4.99. The summed E-state index contributed by atoms with van der Waals surface area (Å²) in [5.74, 6) is 1.59. The quantitative estimate of drug-likeness (QED) is 0.866. The van der Waals surface area contributed by atoms with Crippen molar-refractivity contribution in [3.8, 4) is 0 Å². The topological polar surface area (TPSA) is 30.5 Å². The van der Waals surface area contributed by atoms with Crippen molar-refractivity contribution in [2.75, 3.05) is 26.9 Å². The lowest BCUT2D eigenvalue weighted by atomic mass is 9.69. The van der Waals surface area contributed by atoms with Gasteiger partial charge < -0.3 is 14.8 Å². The number of nitrogens with one attached hydrogen (secondary N) is 1. The van der Waals surface area contributed by atoms with Gasteiger partial charge in [0, 0.05) is 25.9 Å². The van der Waals surface area contributed by atoms with E-state index >= 15 is 0 Å². The third-order valence-corrected chi connectivity index (χ3v) is 6.55. The monoisotopic (exact) mass is 295 g/mol. The molecule has 1 N–H and O–H groups in total. The second-order valence-corrected chi connectivity index (χ2v) is 8.20. The first-order valence-electron chi connectivity index (χ1n) is 8.95.